The van der Waals surface area contributed by atoms with E-state index in [-0.39, 0.29) is 18.1 Å². The molecule has 0 spiro atoms. The van der Waals surface area contributed by atoms with Gasteiger partial charge in [0.05, 0.1) is 29.1 Å². The lowest BCUT2D eigenvalue weighted by molar-refractivity contribution is -0.137. The molecule has 0 radical (unpaired) electrons. The van der Waals surface area contributed by atoms with Crippen LogP contribution >= 0.6 is 0 Å². The van der Waals surface area contributed by atoms with Gasteiger partial charge in [0, 0.05) is 62.0 Å². The first-order valence-electron chi connectivity index (χ1n) is 13.1. The minimum Gasteiger partial charge on any atom is -0.346 e. The van der Waals surface area contributed by atoms with E-state index in [2.05, 4.69) is 36.3 Å². The fourth-order valence-electron chi connectivity index (χ4n) is 5.66. The summed E-state index contributed by atoms with van der Waals surface area (Å²) in [6.45, 7) is 1.36. The topological polar surface area (TPSA) is 119 Å². The molecule has 3 aromatic heterocycles. The van der Waals surface area contributed by atoms with Crippen molar-refractivity contribution in [2.24, 2.45) is 5.92 Å². The molecule has 0 saturated carbocycles. The summed E-state index contributed by atoms with van der Waals surface area (Å²) in [5, 5.41) is 17.1. The Hall–Kier alpha value is -4.51. The molecule has 2 N–H and O–H groups in total. The van der Waals surface area contributed by atoms with E-state index in [1.807, 2.05) is 16.9 Å². The highest BCUT2D eigenvalue weighted by Gasteiger charge is 2.45. The number of rotatable bonds is 5. The van der Waals surface area contributed by atoms with Crippen LogP contribution in [0.25, 0.3) is 22.4 Å². The SMILES string of the molecule is N#CCC1CN(C2CCN(C(=O)Nc3ccc(F)cc3C(F)(F)F)CC2)C1n1cc(-c2ncc3cc[nH]c3n2)cn1. The lowest BCUT2D eigenvalue weighted by Gasteiger charge is -2.52. The highest BCUT2D eigenvalue weighted by atomic mass is 19.4. The number of nitrogens with zero attached hydrogens (tertiary/aromatic N) is 7. The fourth-order valence-corrected chi connectivity index (χ4v) is 5.66. The summed E-state index contributed by atoms with van der Waals surface area (Å²) in [5.74, 6) is -0.434. The largest absolute Gasteiger partial charge is 0.418 e. The Kier molecular flexibility index (Phi) is 6.82. The van der Waals surface area contributed by atoms with Crippen LogP contribution in [0.5, 0.6) is 0 Å². The van der Waals surface area contributed by atoms with Crippen LogP contribution in [0.3, 0.4) is 0 Å². The van der Waals surface area contributed by atoms with Crippen molar-refractivity contribution in [3.05, 3.63) is 60.4 Å². The highest BCUT2D eigenvalue weighted by molar-refractivity contribution is 5.90. The quantitative estimate of drug-likeness (QED) is 0.327. The van der Waals surface area contributed by atoms with Gasteiger partial charge in [-0.25, -0.2) is 19.2 Å². The number of hydrogen-bond acceptors (Lipinski definition) is 6. The molecule has 5 heterocycles. The average Bonchev–Trinajstić information content (AvgIpc) is 3.61. The van der Waals surface area contributed by atoms with Crippen molar-refractivity contribution in [2.75, 3.05) is 25.0 Å². The second-order valence-electron chi connectivity index (χ2n) is 10.3. The molecule has 4 aromatic rings. The number of aromatic nitrogens is 5. The van der Waals surface area contributed by atoms with Crippen molar-refractivity contribution >= 4 is 22.8 Å². The van der Waals surface area contributed by atoms with Gasteiger partial charge in [0.25, 0.3) is 0 Å². The Morgan fingerprint density at radius 3 is 2.76 bits per heavy atom. The van der Waals surface area contributed by atoms with Gasteiger partial charge in [0.2, 0.25) is 0 Å². The number of hydrogen-bond donors (Lipinski definition) is 2. The predicted molar refractivity (Wildman–Crippen MR) is 140 cm³/mol. The lowest BCUT2D eigenvalue weighted by Crippen LogP contribution is -2.59. The molecule has 0 aliphatic carbocycles. The molecule has 2 saturated heterocycles. The van der Waals surface area contributed by atoms with E-state index in [0.29, 0.717) is 50.8 Å². The van der Waals surface area contributed by atoms with Crippen molar-refractivity contribution in [1.29, 1.82) is 5.26 Å². The molecule has 2 amide bonds. The summed E-state index contributed by atoms with van der Waals surface area (Å²) in [6.07, 6.45) is 3.69. The van der Waals surface area contributed by atoms with Crippen LogP contribution in [-0.2, 0) is 6.18 Å². The van der Waals surface area contributed by atoms with E-state index in [9.17, 15) is 27.6 Å². The third-order valence-corrected chi connectivity index (χ3v) is 7.74. The number of nitrogens with one attached hydrogen (secondary N) is 2. The Labute approximate surface area is 231 Å². The number of piperidine rings is 1. The molecular weight excluding hydrogens is 542 g/mol. The maximum Gasteiger partial charge on any atom is 0.418 e. The number of halogens is 4. The molecule has 0 bridgehead atoms. The number of amides is 2. The molecule has 2 fully saturated rings. The van der Waals surface area contributed by atoms with Crippen LogP contribution in [0.2, 0.25) is 0 Å². The molecule has 41 heavy (non-hydrogen) atoms. The van der Waals surface area contributed by atoms with E-state index in [0.717, 1.165) is 28.7 Å². The first kappa shape index (κ1) is 26.7. The first-order valence-corrected chi connectivity index (χ1v) is 13.1. The zero-order valence-electron chi connectivity index (χ0n) is 21.6. The van der Waals surface area contributed by atoms with Crippen molar-refractivity contribution in [3.8, 4) is 17.5 Å². The van der Waals surface area contributed by atoms with Gasteiger partial charge in [0.15, 0.2) is 5.82 Å². The van der Waals surface area contributed by atoms with Gasteiger partial charge in [-0.2, -0.15) is 23.5 Å². The monoisotopic (exact) mass is 567 g/mol. The van der Waals surface area contributed by atoms with Crippen LogP contribution in [0.1, 0.15) is 31.0 Å². The molecule has 1 aromatic carbocycles. The van der Waals surface area contributed by atoms with Crippen LogP contribution in [0.15, 0.2) is 49.1 Å². The van der Waals surface area contributed by atoms with Crippen LogP contribution < -0.4 is 5.32 Å². The zero-order valence-corrected chi connectivity index (χ0v) is 21.6. The van der Waals surface area contributed by atoms with E-state index >= 15 is 0 Å². The Morgan fingerprint density at radius 1 is 1.20 bits per heavy atom. The van der Waals surface area contributed by atoms with Crippen molar-refractivity contribution in [1.82, 2.24) is 34.5 Å². The fraction of sp³-hybridized carbons (Fsp3) is 0.370. The standard InChI is InChI=1S/C27H25F4N9O/c28-19-1-2-22(21(11-19)27(29,30)31)36-26(41)38-9-5-20(6-10-38)39-14-17(3-7-32)25(39)40-15-18(13-35-40)24-34-12-16-4-8-33-23(16)37-24/h1-2,4,8,11-13,15,17,20,25H,3,5-6,9-10,14H2,(H,36,41)(H,33,34,37). The second kappa shape index (κ2) is 10.5. The predicted octanol–water partition coefficient (Wildman–Crippen LogP) is 5.02. The van der Waals surface area contributed by atoms with Gasteiger partial charge >= 0.3 is 12.2 Å². The minimum absolute atomic E-state index is 0.0696. The molecule has 2 atom stereocenters. The number of H-pyrrole nitrogens is 1. The zero-order chi connectivity index (χ0) is 28.7. The van der Waals surface area contributed by atoms with E-state index in [1.165, 1.54) is 4.90 Å². The third-order valence-electron chi connectivity index (χ3n) is 7.74. The van der Waals surface area contributed by atoms with Crippen LogP contribution in [-0.4, -0.2) is 66.2 Å². The molecule has 212 valence electrons. The molecule has 14 heteroatoms. The summed E-state index contributed by atoms with van der Waals surface area (Å²) < 4.78 is 55.3. The Bertz CT molecular complexity index is 1620. The highest BCUT2D eigenvalue weighted by Crippen LogP contribution is 2.41. The summed E-state index contributed by atoms with van der Waals surface area (Å²) in [4.78, 5) is 28.6. The number of likely N-dealkylation sites (tertiary alicyclic amines) is 2. The number of aromatic amines is 1. The van der Waals surface area contributed by atoms with Gasteiger partial charge in [-0.15, -0.1) is 0 Å². The molecular formula is C27H25F4N9O. The molecule has 10 nitrogen and oxygen atoms in total. The number of anilines is 1. The van der Waals surface area contributed by atoms with E-state index in [4.69, 9.17) is 0 Å². The molecule has 2 aliphatic rings. The summed E-state index contributed by atoms with van der Waals surface area (Å²) in [6, 6.07) is 5.73. The Balaban J connectivity index is 1.12. The summed E-state index contributed by atoms with van der Waals surface area (Å²) in [7, 11) is 0. The number of benzene rings is 1. The normalized spacial score (nSPS) is 20.1. The average molecular weight is 568 g/mol. The van der Waals surface area contributed by atoms with E-state index in [1.54, 1.807) is 18.6 Å². The van der Waals surface area contributed by atoms with Crippen LogP contribution in [0, 0.1) is 23.1 Å². The van der Waals surface area contributed by atoms with Crippen molar-refractivity contribution < 1.29 is 22.4 Å². The molecule has 2 unspecified atom stereocenters. The Morgan fingerprint density at radius 2 is 2.00 bits per heavy atom. The van der Waals surface area contributed by atoms with Crippen LogP contribution in [0.4, 0.5) is 28.0 Å². The number of alkyl halides is 3. The summed E-state index contributed by atoms with van der Waals surface area (Å²) >= 11 is 0. The first-order chi connectivity index (χ1) is 19.7. The molecule has 2 aliphatic heterocycles. The van der Waals surface area contributed by atoms with E-state index < -0.39 is 29.3 Å². The van der Waals surface area contributed by atoms with Crippen molar-refractivity contribution in [2.45, 2.75) is 37.6 Å². The summed E-state index contributed by atoms with van der Waals surface area (Å²) in [5.41, 5.74) is -0.249. The maximum atomic E-state index is 13.4. The van der Waals surface area contributed by atoms with Gasteiger partial charge in [-0.05, 0) is 37.1 Å². The maximum absolute atomic E-state index is 13.4. The number of nitriles is 1. The second-order valence-corrected chi connectivity index (χ2v) is 10.3. The third kappa shape index (κ3) is 5.20. The van der Waals surface area contributed by atoms with Gasteiger partial charge < -0.3 is 15.2 Å². The van der Waals surface area contributed by atoms with Gasteiger partial charge in [-0.1, -0.05) is 0 Å². The number of carbonyl (C=O) groups is 1. The van der Waals surface area contributed by atoms with Gasteiger partial charge in [-0.3, -0.25) is 9.58 Å². The minimum atomic E-state index is -4.81. The number of urea groups is 1. The van der Waals surface area contributed by atoms with Gasteiger partial charge in [0.1, 0.15) is 17.6 Å². The smallest absolute Gasteiger partial charge is 0.346 e. The lowest BCUT2D eigenvalue weighted by atomic mass is 9.87. The number of carbonyl (C=O) groups excluding carboxylic acids is 1. The molecule has 6 rings (SSSR count). The number of fused-ring (bicyclic) bond motifs is 1. The van der Waals surface area contributed by atoms with Crippen molar-refractivity contribution in [3.63, 3.8) is 0 Å².